The molecule has 104 valence electrons. The second-order valence-electron chi connectivity index (χ2n) is 4.39. The number of rotatable bonds is 3. The molecule has 1 unspecified atom stereocenters. The number of methoxy groups -OCH3 is 1. The van der Waals surface area contributed by atoms with Crippen molar-refractivity contribution in [3.05, 3.63) is 23.8 Å². The van der Waals surface area contributed by atoms with Crippen LogP contribution in [0.4, 0.5) is 5.69 Å². The van der Waals surface area contributed by atoms with Crippen molar-refractivity contribution in [2.75, 3.05) is 24.3 Å². The molecule has 0 aromatic heterocycles. The summed E-state index contributed by atoms with van der Waals surface area (Å²) in [6.07, 6.45) is -0.245. The lowest BCUT2D eigenvalue weighted by molar-refractivity contribution is 0.0353. The molecule has 2 rings (SSSR count). The fourth-order valence-electron chi connectivity index (χ4n) is 1.95. The van der Waals surface area contributed by atoms with E-state index in [2.05, 4.69) is 0 Å². The summed E-state index contributed by atoms with van der Waals surface area (Å²) in [5.41, 5.74) is 6.30. The van der Waals surface area contributed by atoms with E-state index in [1.54, 1.807) is 6.07 Å². The number of ether oxygens (including phenoxy) is 2. The Morgan fingerprint density at radius 3 is 2.74 bits per heavy atom. The summed E-state index contributed by atoms with van der Waals surface area (Å²) in [4.78, 5) is 12.0. The maximum Gasteiger partial charge on any atom is 0.342 e. The predicted octanol–water partition coefficient (Wildman–Crippen LogP) is 0.621. The summed E-state index contributed by atoms with van der Waals surface area (Å²) in [6, 6.07) is 4.58. The molecule has 19 heavy (non-hydrogen) atoms. The normalized spacial score (nSPS) is 21.0. The summed E-state index contributed by atoms with van der Waals surface area (Å²) in [5, 5.41) is 0. The van der Waals surface area contributed by atoms with Gasteiger partial charge in [0, 0.05) is 11.8 Å². The lowest BCUT2D eigenvalue weighted by Crippen LogP contribution is -2.20. The molecule has 0 saturated carbocycles. The molecular formula is C12H15NO5S. The molecule has 0 spiro atoms. The Bertz CT molecular complexity index is 596. The van der Waals surface area contributed by atoms with Gasteiger partial charge in [0.1, 0.15) is 17.4 Å². The fraction of sp³-hybridized carbons (Fsp3) is 0.417. The molecule has 1 aromatic carbocycles. The molecule has 0 bridgehead atoms. The van der Waals surface area contributed by atoms with Crippen molar-refractivity contribution < 1.29 is 22.7 Å². The van der Waals surface area contributed by atoms with Crippen LogP contribution in [0.25, 0.3) is 0 Å². The van der Waals surface area contributed by atoms with E-state index in [0.29, 0.717) is 17.9 Å². The van der Waals surface area contributed by atoms with Crippen LogP contribution < -0.4 is 10.5 Å². The third-order valence-corrected chi connectivity index (χ3v) is 4.65. The first-order chi connectivity index (χ1) is 8.91. The Kier molecular flexibility index (Phi) is 3.66. The summed E-state index contributed by atoms with van der Waals surface area (Å²) in [6.45, 7) is 0. The number of carbonyl (C=O) groups excluding carboxylic acids is 1. The number of hydrogen-bond donors (Lipinski definition) is 1. The van der Waals surface area contributed by atoms with Crippen molar-refractivity contribution >= 4 is 21.5 Å². The standard InChI is InChI=1S/C12H15NO5S/c1-17-11-6-8(13)2-3-10(11)12(14)18-9-4-5-19(15,16)7-9/h2-3,6,9H,4-5,7,13H2,1H3. The first-order valence-corrected chi connectivity index (χ1v) is 7.58. The Morgan fingerprint density at radius 1 is 1.42 bits per heavy atom. The number of anilines is 1. The predicted molar refractivity (Wildman–Crippen MR) is 69.9 cm³/mol. The number of hydrogen-bond acceptors (Lipinski definition) is 6. The lowest BCUT2D eigenvalue weighted by Gasteiger charge is -2.12. The van der Waals surface area contributed by atoms with Gasteiger partial charge in [-0.3, -0.25) is 0 Å². The first-order valence-electron chi connectivity index (χ1n) is 5.76. The molecule has 1 saturated heterocycles. The van der Waals surface area contributed by atoms with Crippen molar-refractivity contribution in [2.45, 2.75) is 12.5 Å². The minimum Gasteiger partial charge on any atom is -0.496 e. The fourth-order valence-corrected chi connectivity index (χ4v) is 3.53. The number of benzene rings is 1. The zero-order chi connectivity index (χ0) is 14.0. The van der Waals surface area contributed by atoms with Crippen molar-refractivity contribution in [1.29, 1.82) is 0 Å². The second-order valence-corrected chi connectivity index (χ2v) is 6.62. The highest BCUT2D eigenvalue weighted by atomic mass is 32.2. The van der Waals surface area contributed by atoms with Crippen LogP contribution in [0.15, 0.2) is 18.2 Å². The van der Waals surface area contributed by atoms with Gasteiger partial charge in [0.15, 0.2) is 9.84 Å². The number of sulfone groups is 1. The topological polar surface area (TPSA) is 95.7 Å². The molecule has 2 N–H and O–H groups in total. The Balaban J connectivity index is 2.12. The number of carbonyl (C=O) groups is 1. The highest BCUT2D eigenvalue weighted by Crippen LogP contribution is 2.24. The van der Waals surface area contributed by atoms with Crippen molar-refractivity contribution in [3.8, 4) is 5.75 Å². The molecule has 0 aliphatic carbocycles. The van der Waals surface area contributed by atoms with Crippen molar-refractivity contribution in [1.82, 2.24) is 0 Å². The van der Waals surface area contributed by atoms with E-state index in [1.807, 2.05) is 0 Å². The molecule has 1 aromatic rings. The van der Waals surface area contributed by atoms with E-state index < -0.39 is 21.9 Å². The van der Waals surface area contributed by atoms with Gasteiger partial charge in [-0.05, 0) is 18.6 Å². The average molecular weight is 285 g/mol. The largest absolute Gasteiger partial charge is 0.496 e. The smallest absolute Gasteiger partial charge is 0.342 e. The highest BCUT2D eigenvalue weighted by molar-refractivity contribution is 7.91. The van der Waals surface area contributed by atoms with Gasteiger partial charge < -0.3 is 15.2 Å². The zero-order valence-corrected chi connectivity index (χ0v) is 11.3. The van der Waals surface area contributed by atoms with Crippen LogP contribution in [0.3, 0.4) is 0 Å². The molecule has 7 heteroatoms. The van der Waals surface area contributed by atoms with E-state index >= 15 is 0 Å². The molecule has 1 aliphatic rings. The first kappa shape index (κ1) is 13.7. The summed E-state index contributed by atoms with van der Waals surface area (Å²) in [5.74, 6) is -0.343. The zero-order valence-electron chi connectivity index (χ0n) is 10.5. The Morgan fingerprint density at radius 2 is 2.16 bits per heavy atom. The van der Waals surface area contributed by atoms with E-state index in [4.69, 9.17) is 15.2 Å². The molecular weight excluding hydrogens is 270 g/mol. The van der Waals surface area contributed by atoms with Crippen LogP contribution in [0.1, 0.15) is 16.8 Å². The Labute approximate surface area is 111 Å². The molecule has 1 aliphatic heterocycles. The average Bonchev–Trinajstić information content (AvgIpc) is 2.68. The van der Waals surface area contributed by atoms with E-state index in [9.17, 15) is 13.2 Å². The van der Waals surface area contributed by atoms with Gasteiger partial charge in [0.2, 0.25) is 0 Å². The second kappa shape index (κ2) is 5.08. The minimum atomic E-state index is -3.07. The van der Waals surface area contributed by atoms with E-state index in [0.717, 1.165) is 0 Å². The van der Waals surface area contributed by atoms with Crippen LogP contribution in [0.5, 0.6) is 5.75 Å². The van der Waals surface area contributed by atoms with Gasteiger partial charge >= 0.3 is 5.97 Å². The van der Waals surface area contributed by atoms with Crippen LogP contribution in [0, 0.1) is 0 Å². The maximum absolute atomic E-state index is 12.0. The molecule has 1 heterocycles. The van der Waals surface area contributed by atoms with Gasteiger partial charge in [0.05, 0.1) is 18.6 Å². The summed E-state index contributed by atoms with van der Waals surface area (Å²) in [7, 11) is -1.65. The third kappa shape index (κ3) is 3.17. The van der Waals surface area contributed by atoms with Gasteiger partial charge in [-0.1, -0.05) is 0 Å². The molecule has 0 amide bonds. The highest BCUT2D eigenvalue weighted by Gasteiger charge is 2.31. The molecule has 1 fully saturated rings. The SMILES string of the molecule is COc1cc(N)ccc1C(=O)OC1CCS(=O)(=O)C1. The van der Waals surface area contributed by atoms with E-state index in [1.165, 1.54) is 19.2 Å². The maximum atomic E-state index is 12.0. The van der Waals surface area contributed by atoms with E-state index in [-0.39, 0.29) is 17.1 Å². The van der Waals surface area contributed by atoms with Gasteiger partial charge in [0.25, 0.3) is 0 Å². The number of esters is 1. The summed E-state index contributed by atoms with van der Waals surface area (Å²) >= 11 is 0. The quantitative estimate of drug-likeness (QED) is 0.646. The summed E-state index contributed by atoms with van der Waals surface area (Å²) < 4.78 is 32.8. The van der Waals surface area contributed by atoms with Gasteiger partial charge in [-0.2, -0.15) is 0 Å². The third-order valence-electron chi connectivity index (χ3n) is 2.91. The molecule has 0 radical (unpaired) electrons. The number of nitrogens with two attached hydrogens (primary N) is 1. The van der Waals surface area contributed by atoms with Crippen LogP contribution in [-0.4, -0.2) is 39.1 Å². The lowest BCUT2D eigenvalue weighted by atomic mass is 10.2. The van der Waals surface area contributed by atoms with Crippen LogP contribution >= 0.6 is 0 Å². The van der Waals surface area contributed by atoms with Crippen LogP contribution in [0.2, 0.25) is 0 Å². The molecule has 6 nitrogen and oxygen atoms in total. The minimum absolute atomic E-state index is 0.0593. The number of nitrogen functional groups attached to an aromatic ring is 1. The van der Waals surface area contributed by atoms with Crippen molar-refractivity contribution in [3.63, 3.8) is 0 Å². The van der Waals surface area contributed by atoms with Gasteiger partial charge in [-0.25, -0.2) is 13.2 Å². The van der Waals surface area contributed by atoms with Crippen molar-refractivity contribution in [2.24, 2.45) is 0 Å². The van der Waals surface area contributed by atoms with Crippen LogP contribution in [-0.2, 0) is 14.6 Å². The van der Waals surface area contributed by atoms with Gasteiger partial charge in [-0.15, -0.1) is 0 Å². The Hall–Kier alpha value is -1.76. The monoisotopic (exact) mass is 285 g/mol. The molecule has 1 atom stereocenters.